The smallest absolute Gasteiger partial charge is 0.255 e. The lowest BCUT2D eigenvalue weighted by atomic mass is 9.83. The molecule has 1 aromatic rings. The Bertz CT molecular complexity index is 866. The fourth-order valence-corrected chi connectivity index (χ4v) is 5.61. The maximum atomic E-state index is 12.9. The van der Waals surface area contributed by atoms with Crippen molar-refractivity contribution < 1.29 is 14.4 Å². The van der Waals surface area contributed by atoms with Crippen LogP contribution in [0.5, 0.6) is 0 Å². The van der Waals surface area contributed by atoms with E-state index in [4.69, 9.17) is 0 Å². The molecule has 1 aromatic carbocycles. The van der Waals surface area contributed by atoms with E-state index in [0.717, 1.165) is 36.7 Å². The number of piperidine rings is 2. The summed E-state index contributed by atoms with van der Waals surface area (Å²) in [5.74, 6) is 0.107. The molecule has 5 rings (SSSR count). The van der Waals surface area contributed by atoms with Crippen molar-refractivity contribution in [1.82, 2.24) is 20.9 Å². The number of nitrogens with zero attached hydrogens (tertiary/aromatic N) is 1. The van der Waals surface area contributed by atoms with Crippen LogP contribution in [0.1, 0.15) is 53.6 Å². The van der Waals surface area contributed by atoms with Gasteiger partial charge in [0.2, 0.25) is 11.8 Å². The highest BCUT2D eigenvalue weighted by molar-refractivity contribution is 6.05. The van der Waals surface area contributed by atoms with E-state index in [0.29, 0.717) is 23.9 Å². The highest BCUT2D eigenvalue weighted by Gasteiger charge is 2.42. The van der Waals surface area contributed by atoms with Crippen molar-refractivity contribution in [3.8, 4) is 0 Å². The van der Waals surface area contributed by atoms with E-state index in [1.54, 1.807) is 4.90 Å². The molecule has 1 saturated carbocycles. The predicted molar refractivity (Wildman–Crippen MR) is 107 cm³/mol. The molecule has 7 heteroatoms. The number of carbonyl (C=O) groups is 3. The van der Waals surface area contributed by atoms with Gasteiger partial charge in [0.25, 0.3) is 5.91 Å². The number of benzene rings is 1. The van der Waals surface area contributed by atoms with Crippen LogP contribution < -0.4 is 16.0 Å². The summed E-state index contributed by atoms with van der Waals surface area (Å²) in [5, 5.41) is 9.54. The largest absolute Gasteiger partial charge is 0.322 e. The number of hydrogen-bond acceptors (Lipinski definition) is 5. The van der Waals surface area contributed by atoms with Crippen LogP contribution in [0.15, 0.2) is 18.2 Å². The van der Waals surface area contributed by atoms with Crippen LogP contribution in [0.3, 0.4) is 0 Å². The van der Waals surface area contributed by atoms with Gasteiger partial charge >= 0.3 is 0 Å². The number of nitrogens with one attached hydrogen (secondary N) is 3. The zero-order valence-electron chi connectivity index (χ0n) is 16.6. The van der Waals surface area contributed by atoms with Crippen LogP contribution in [-0.2, 0) is 22.7 Å². The van der Waals surface area contributed by atoms with Gasteiger partial charge in [-0.3, -0.25) is 19.7 Å². The van der Waals surface area contributed by atoms with E-state index in [1.807, 2.05) is 12.1 Å². The van der Waals surface area contributed by atoms with E-state index >= 15 is 0 Å². The lowest BCUT2D eigenvalue weighted by Crippen LogP contribution is -2.52. The Morgan fingerprint density at radius 3 is 2.97 bits per heavy atom. The molecule has 0 aromatic heterocycles. The molecule has 3 amide bonds. The van der Waals surface area contributed by atoms with Crippen LogP contribution in [0.2, 0.25) is 0 Å². The van der Waals surface area contributed by atoms with Crippen molar-refractivity contribution in [3.63, 3.8) is 0 Å². The third-order valence-corrected chi connectivity index (χ3v) is 7.16. The summed E-state index contributed by atoms with van der Waals surface area (Å²) in [4.78, 5) is 38.1. The Kier molecular flexibility index (Phi) is 4.67. The highest BCUT2D eigenvalue weighted by Crippen LogP contribution is 2.43. The SMILES string of the molecule is O=C1CCC(N2Cc3ccc(CNCC45CCC(CNC4)C5)cc3C2=O)C(=O)N1. The quantitative estimate of drug-likeness (QED) is 0.644. The molecule has 2 saturated heterocycles. The first-order valence-electron chi connectivity index (χ1n) is 10.7. The molecule has 29 heavy (non-hydrogen) atoms. The van der Waals surface area contributed by atoms with Gasteiger partial charge in [-0.1, -0.05) is 12.1 Å². The summed E-state index contributed by atoms with van der Waals surface area (Å²) in [6, 6.07) is 5.48. The second-order valence-corrected chi connectivity index (χ2v) is 9.23. The third-order valence-electron chi connectivity index (χ3n) is 7.16. The molecule has 3 fully saturated rings. The molecule has 1 aliphatic carbocycles. The zero-order valence-corrected chi connectivity index (χ0v) is 16.6. The van der Waals surface area contributed by atoms with E-state index in [-0.39, 0.29) is 24.1 Å². The molecular weight excluding hydrogens is 368 g/mol. The van der Waals surface area contributed by atoms with Gasteiger partial charge in [0.05, 0.1) is 0 Å². The van der Waals surface area contributed by atoms with Gasteiger partial charge in [-0.05, 0) is 60.8 Å². The molecule has 4 aliphatic rings. The van der Waals surface area contributed by atoms with Crippen molar-refractivity contribution in [2.24, 2.45) is 11.3 Å². The van der Waals surface area contributed by atoms with Crippen molar-refractivity contribution in [3.05, 3.63) is 34.9 Å². The molecule has 0 radical (unpaired) electrons. The molecule has 7 nitrogen and oxygen atoms in total. The summed E-state index contributed by atoms with van der Waals surface area (Å²) in [6.07, 6.45) is 4.62. The maximum Gasteiger partial charge on any atom is 0.255 e. The summed E-state index contributed by atoms with van der Waals surface area (Å²) in [6.45, 7) is 4.44. The Morgan fingerprint density at radius 2 is 2.10 bits per heavy atom. The van der Waals surface area contributed by atoms with Gasteiger partial charge in [0.15, 0.2) is 0 Å². The fraction of sp³-hybridized carbons (Fsp3) is 0.591. The highest BCUT2D eigenvalue weighted by atomic mass is 16.2. The fourth-order valence-electron chi connectivity index (χ4n) is 5.61. The number of fused-ring (bicyclic) bond motifs is 3. The molecule has 2 bridgehead atoms. The molecule has 154 valence electrons. The van der Waals surface area contributed by atoms with Crippen LogP contribution in [0.4, 0.5) is 0 Å². The van der Waals surface area contributed by atoms with Crippen molar-refractivity contribution >= 4 is 17.7 Å². The van der Waals surface area contributed by atoms with Gasteiger partial charge in [-0.2, -0.15) is 0 Å². The van der Waals surface area contributed by atoms with Crippen LogP contribution in [0, 0.1) is 11.3 Å². The van der Waals surface area contributed by atoms with E-state index in [2.05, 4.69) is 22.0 Å². The Hall–Kier alpha value is -2.25. The van der Waals surface area contributed by atoms with Crippen molar-refractivity contribution in [2.75, 3.05) is 19.6 Å². The number of carbonyl (C=O) groups excluding carboxylic acids is 3. The summed E-state index contributed by atoms with van der Waals surface area (Å²) in [5.41, 5.74) is 3.12. The maximum absolute atomic E-state index is 12.9. The predicted octanol–water partition coefficient (Wildman–Crippen LogP) is 0.927. The first kappa shape index (κ1) is 18.8. The molecule has 3 aliphatic heterocycles. The van der Waals surface area contributed by atoms with Crippen LogP contribution in [-0.4, -0.2) is 48.3 Å². The van der Waals surface area contributed by atoms with Gasteiger partial charge in [-0.15, -0.1) is 0 Å². The second kappa shape index (κ2) is 7.22. The third kappa shape index (κ3) is 3.46. The van der Waals surface area contributed by atoms with Crippen molar-refractivity contribution in [2.45, 2.75) is 51.2 Å². The molecule has 3 heterocycles. The van der Waals surface area contributed by atoms with E-state index in [1.165, 1.54) is 25.8 Å². The average molecular weight is 396 g/mol. The molecule has 3 unspecified atom stereocenters. The van der Waals surface area contributed by atoms with Gasteiger partial charge in [0.1, 0.15) is 6.04 Å². The minimum atomic E-state index is -0.553. The van der Waals surface area contributed by atoms with Crippen molar-refractivity contribution in [1.29, 1.82) is 0 Å². The number of rotatable bonds is 5. The Labute approximate surface area is 170 Å². The average Bonchev–Trinajstić information content (AvgIpc) is 3.18. The summed E-state index contributed by atoms with van der Waals surface area (Å²) in [7, 11) is 0. The minimum Gasteiger partial charge on any atom is -0.322 e. The summed E-state index contributed by atoms with van der Waals surface area (Å²) >= 11 is 0. The van der Waals surface area contributed by atoms with E-state index < -0.39 is 6.04 Å². The van der Waals surface area contributed by atoms with Gasteiger partial charge < -0.3 is 15.5 Å². The topological polar surface area (TPSA) is 90.5 Å². The molecule has 3 N–H and O–H groups in total. The monoisotopic (exact) mass is 396 g/mol. The first-order chi connectivity index (χ1) is 14.0. The lowest BCUT2D eigenvalue weighted by Gasteiger charge is -2.34. The molecule has 0 spiro atoms. The summed E-state index contributed by atoms with van der Waals surface area (Å²) < 4.78 is 0. The number of hydrogen-bond donors (Lipinski definition) is 3. The number of imide groups is 1. The van der Waals surface area contributed by atoms with Gasteiger partial charge in [0, 0.05) is 38.2 Å². The van der Waals surface area contributed by atoms with E-state index in [9.17, 15) is 14.4 Å². The first-order valence-corrected chi connectivity index (χ1v) is 10.7. The number of amides is 3. The lowest BCUT2D eigenvalue weighted by molar-refractivity contribution is -0.136. The standard InChI is InChI=1S/C22H28N4O3/c27-19-4-3-18(20(28)25-19)26-11-16-2-1-14(7-17(16)21(26)29)9-23-12-22-6-5-15(8-22)10-24-13-22/h1-2,7,15,18,23-24H,3-6,8-13H2,(H,25,27,28). The second-order valence-electron chi connectivity index (χ2n) is 9.23. The van der Waals surface area contributed by atoms with Crippen LogP contribution >= 0.6 is 0 Å². The zero-order chi connectivity index (χ0) is 20.0. The molecular formula is C22H28N4O3. The minimum absolute atomic E-state index is 0.106. The Morgan fingerprint density at radius 1 is 1.21 bits per heavy atom. The molecule has 3 atom stereocenters. The van der Waals surface area contributed by atoms with Gasteiger partial charge in [-0.25, -0.2) is 0 Å². The Balaban J connectivity index is 1.22. The van der Waals surface area contributed by atoms with Crippen LogP contribution in [0.25, 0.3) is 0 Å². The normalized spacial score (nSPS) is 31.2.